The van der Waals surface area contributed by atoms with Crippen molar-refractivity contribution in [3.63, 3.8) is 0 Å². The zero-order chi connectivity index (χ0) is 16.9. The van der Waals surface area contributed by atoms with Gasteiger partial charge in [-0.1, -0.05) is 41.9 Å². The Morgan fingerprint density at radius 1 is 1.17 bits per heavy atom. The molecule has 3 aromatic rings. The lowest BCUT2D eigenvalue weighted by molar-refractivity contribution is -0.121. The zero-order valence-corrected chi connectivity index (χ0v) is 13.8. The molecule has 5 nitrogen and oxygen atoms in total. The maximum atomic E-state index is 12.0. The van der Waals surface area contributed by atoms with Gasteiger partial charge >= 0.3 is 5.76 Å². The predicted octanol–water partition coefficient (Wildman–Crippen LogP) is 3.00. The number of aromatic nitrogens is 1. The lowest BCUT2D eigenvalue weighted by Gasteiger charge is -2.06. The number of benzene rings is 2. The second-order valence-electron chi connectivity index (χ2n) is 5.47. The number of oxazole rings is 1. The molecule has 6 heteroatoms. The van der Waals surface area contributed by atoms with E-state index >= 15 is 0 Å². The lowest BCUT2D eigenvalue weighted by Crippen LogP contribution is -2.27. The van der Waals surface area contributed by atoms with Crippen molar-refractivity contribution >= 4 is 28.6 Å². The van der Waals surface area contributed by atoms with Gasteiger partial charge < -0.3 is 9.73 Å². The summed E-state index contributed by atoms with van der Waals surface area (Å²) in [6.07, 6.45) is 0.979. The molecule has 1 N–H and O–H groups in total. The summed E-state index contributed by atoms with van der Waals surface area (Å²) in [6, 6.07) is 14.9. The van der Waals surface area contributed by atoms with Gasteiger partial charge in [0.15, 0.2) is 5.58 Å². The van der Waals surface area contributed by atoms with E-state index in [2.05, 4.69) is 5.32 Å². The van der Waals surface area contributed by atoms with Gasteiger partial charge in [-0.05, 0) is 30.2 Å². The predicted molar refractivity (Wildman–Crippen MR) is 93.3 cm³/mol. The van der Waals surface area contributed by atoms with Gasteiger partial charge in [0, 0.05) is 24.5 Å². The normalized spacial score (nSPS) is 10.9. The summed E-state index contributed by atoms with van der Waals surface area (Å²) in [7, 11) is 0. The molecule has 0 fully saturated rings. The van der Waals surface area contributed by atoms with Gasteiger partial charge in [0.1, 0.15) is 0 Å². The smallest absolute Gasteiger partial charge is 0.408 e. The molecule has 0 aliphatic rings. The Labute approximate surface area is 143 Å². The highest BCUT2D eigenvalue weighted by Crippen LogP contribution is 2.18. The molecule has 1 aromatic heterocycles. The first-order valence-electron chi connectivity index (χ1n) is 7.73. The molecule has 0 aliphatic heterocycles. The summed E-state index contributed by atoms with van der Waals surface area (Å²) >= 11 is 5.95. The van der Waals surface area contributed by atoms with Crippen molar-refractivity contribution in [2.24, 2.45) is 0 Å². The molecule has 1 amide bonds. The molecule has 24 heavy (non-hydrogen) atoms. The van der Waals surface area contributed by atoms with Crippen molar-refractivity contribution in [2.75, 3.05) is 6.54 Å². The Hall–Kier alpha value is -2.53. The zero-order valence-electron chi connectivity index (χ0n) is 13.0. The Bertz CT molecular complexity index is 900. The van der Waals surface area contributed by atoms with E-state index in [0.717, 1.165) is 6.42 Å². The highest BCUT2D eigenvalue weighted by Gasteiger charge is 2.11. The van der Waals surface area contributed by atoms with Gasteiger partial charge in [0.05, 0.1) is 5.52 Å². The number of fused-ring (bicyclic) bond motifs is 1. The number of nitrogens with one attached hydrogen (secondary N) is 1. The van der Waals surface area contributed by atoms with E-state index in [0.29, 0.717) is 22.7 Å². The lowest BCUT2D eigenvalue weighted by atomic mass is 10.1. The molecule has 0 unspecified atom stereocenters. The molecule has 0 saturated heterocycles. The fraction of sp³-hybridized carbons (Fsp3) is 0.222. The minimum Gasteiger partial charge on any atom is -0.408 e. The van der Waals surface area contributed by atoms with Crippen LogP contribution in [0.15, 0.2) is 57.7 Å². The van der Waals surface area contributed by atoms with Crippen LogP contribution in [0.5, 0.6) is 0 Å². The maximum Gasteiger partial charge on any atom is 0.419 e. The van der Waals surface area contributed by atoms with Crippen LogP contribution in [0.1, 0.15) is 12.0 Å². The van der Waals surface area contributed by atoms with E-state index in [1.165, 1.54) is 10.1 Å². The summed E-state index contributed by atoms with van der Waals surface area (Å²) in [4.78, 5) is 23.8. The van der Waals surface area contributed by atoms with Gasteiger partial charge in [-0.25, -0.2) is 4.79 Å². The van der Waals surface area contributed by atoms with Gasteiger partial charge in [0.2, 0.25) is 5.91 Å². The molecule has 3 rings (SSSR count). The SMILES string of the molecule is O=C(CCn1c(=O)oc2ccc(Cl)cc21)NCCc1ccccc1. The second-order valence-corrected chi connectivity index (χ2v) is 5.90. The Morgan fingerprint density at radius 3 is 2.75 bits per heavy atom. The minimum absolute atomic E-state index is 0.103. The summed E-state index contributed by atoms with van der Waals surface area (Å²) < 4.78 is 6.57. The van der Waals surface area contributed by atoms with E-state index in [4.69, 9.17) is 16.0 Å². The molecule has 0 aliphatic carbocycles. The van der Waals surface area contributed by atoms with Crippen LogP contribution in [0.2, 0.25) is 5.02 Å². The van der Waals surface area contributed by atoms with Gasteiger partial charge in [-0.2, -0.15) is 0 Å². The molecule has 0 spiro atoms. The van der Waals surface area contributed by atoms with Gasteiger partial charge in [-0.3, -0.25) is 9.36 Å². The third-order valence-corrected chi connectivity index (χ3v) is 4.01. The number of carbonyl (C=O) groups is 1. The van der Waals surface area contributed by atoms with Gasteiger partial charge in [-0.15, -0.1) is 0 Å². The first-order valence-corrected chi connectivity index (χ1v) is 8.11. The van der Waals surface area contributed by atoms with Crippen molar-refractivity contribution < 1.29 is 9.21 Å². The standard InChI is InChI=1S/C18H17ClN2O3/c19-14-6-7-16-15(12-14)21(18(23)24-16)11-9-17(22)20-10-8-13-4-2-1-3-5-13/h1-7,12H,8-11H2,(H,20,22). The molecule has 0 bridgehead atoms. The summed E-state index contributed by atoms with van der Waals surface area (Å²) in [5, 5.41) is 3.38. The highest BCUT2D eigenvalue weighted by molar-refractivity contribution is 6.31. The van der Waals surface area contributed by atoms with Crippen LogP contribution in [-0.4, -0.2) is 17.0 Å². The van der Waals surface area contributed by atoms with Crippen LogP contribution >= 0.6 is 11.6 Å². The number of halogens is 1. The molecule has 2 aromatic carbocycles. The Morgan fingerprint density at radius 2 is 1.96 bits per heavy atom. The minimum atomic E-state index is -0.482. The number of carbonyl (C=O) groups excluding carboxylic acids is 1. The number of hydrogen-bond acceptors (Lipinski definition) is 3. The average Bonchev–Trinajstić information content (AvgIpc) is 2.88. The molecular weight excluding hydrogens is 328 g/mol. The average molecular weight is 345 g/mol. The van der Waals surface area contributed by atoms with Crippen molar-refractivity contribution in [1.29, 1.82) is 0 Å². The summed E-state index contributed by atoms with van der Waals surface area (Å²) in [5.41, 5.74) is 2.24. The van der Waals surface area contributed by atoms with E-state index in [-0.39, 0.29) is 18.9 Å². The highest BCUT2D eigenvalue weighted by atomic mass is 35.5. The van der Waals surface area contributed by atoms with Crippen LogP contribution in [0.25, 0.3) is 11.1 Å². The molecule has 0 saturated carbocycles. The second kappa shape index (κ2) is 7.36. The monoisotopic (exact) mass is 344 g/mol. The maximum absolute atomic E-state index is 12.0. The van der Waals surface area contributed by atoms with E-state index in [1.807, 2.05) is 30.3 Å². The largest absolute Gasteiger partial charge is 0.419 e. The quantitative estimate of drug-likeness (QED) is 0.747. The number of amides is 1. The van der Waals surface area contributed by atoms with Crippen LogP contribution < -0.4 is 11.1 Å². The first kappa shape index (κ1) is 16.3. The number of rotatable bonds is 6. The van der Waals surface area contributed by atoms with Crippen molar-refractivity contribution in [1.82, 2.24) is 9.88 Å². The molecule has 124 valence electrons. The van der Waals surface area contributed by atoms with Crippen LogP contribution in [0.3, 0.4) is 0 Å². The van der Waals surface area contributed by atoms with Crippen LogP contribution in [0, 0.1) is 0 Å². The molecule has 0 atom stereocenters. The fourth-order valence-corrected chi connectivity index (χ4v) is 2.71. The molecular formula is C18H17ClN2O3. The van der Waals surface area contributed by atoms with Gasteiger partial charge in [0.25, 0.3) is 0 Å². The van der Waals surface area contributed by atoms with Crippen molar-refractivity contribution in [3.8, 4) is 0 Å². The van der Waals surface area contributed by atoms with Crippen LogP contribution in [0.4, 0.5) is 0 Å². The Balaban J connectivity index is 1.56. The summed E-state index contributed by atoms with van der Waals surface area (Å²) in [5.74, 6) is -0.585. The van der Waals surface area contributed by atoms with E-state index < -0.39 is 5.76 Å². The fourth-order valence-electron chi connectivity index (χ4n) is 2.54. The van der Waals surface area contributed by atoms with Crippen molar-refractivity contribution in [3.05, 3.63) is 69.7 Å². The van der Waals surface area contributed by atoms with Crippen molar-refractivity contribution in [2.45, 2.75) is 19.4 Å². The number of nitrogens with zero attached hydrogens (tertiary/aromatic N) is 1. The van der Waals surface area contributed by atoms with E-state index in [9.17, 15) is 9.59 Å². The molecule has 0 radical (unpaired) electrons. The topological polar surface area (TPSA) is 64.2 Å². The third kappa shape index (κ3) is 3.86. The summed E-state index contributed by atoms with van der Waals surface area (Å²) in [6.45, 7) is 0.819. The molecule has 1 heterocycles. The number of aryl methyl sites for hydroxylation is 1. The third-order valence-electron chi connectivity index (χ3n) is 3.77. The van der Waals surface area contributed by atoms with E-state index in [1.54, 1.807) is 18.2 Å². The number of hydrogen-bond donors (Lipinski definition) is 1. The first-order chi connectivity index (χ1) is 11.6. The van der Waals surface area contributed by atoms with Crippen LogP contribution in [-0.2, 0) is 17.8 Å². The Kier molecular flexibility index (Phi) is 5.01.